The lowest BCUT2D eigenvalue weighted by Gasteiger charge is -2.36. The van der Waals surface area contributed by atoms with Gasteiger partial charge in [-0.1, -0.05) is 11.6 Å². The first-order chi connectivity index (χ1) is 11.1. The lowest BCUT2D eigenvalue weighted by Crippen LogP contribution is -2.50. The highest BCUT2D eigenvalue weighted by Gasteiger charge is 2.26. The molecule has 0 saturated carbocycles. The van der Waals surface area contributed by atoms with Gasteiger partial charge in [0.25, 0.3) is 0 Å². The lowest BCUT2D eigenvalue weighted by molar-refractivity contribution is 0.0240. The number of nitrogens with zero attached hydrogens (tertiary/aromatic N) is 3. The summed E-state index contributed by atoms with van der Waals surface area (Å²) in [6, 6.07) is 2.55. The van der Waals surface area contributed by atoms with Crippen molar-refractivity contribution in [3.63, 3.8) is 0 Å². The summed E-state index contributed by atoms with van der Waals surface area (Å²) in [6.07, 6.45) is -0.322. The van der Waals surface area contributed by atoms with Gasteiger partial charge in [0.05, 0.1) is 0 Å². The molecule has 2 heterocycles. The summed E-state index contributed by atoms with van der Waals surface area (Å²) >= 11 is 5.99. The zero-order valence-corrected chi connectivity index (χ0v) is 14.8. The highest BCUT2D eigenvalue weighted by molar-refractivity contribution is 6.29. The molecule has 1 fully saturated rings. The molecule has 0 radical (unpaired) electrons. The molecule has 1 aliphatic rings. The maximum atomic E-state index is 12.1. The van der Waals surface area contributed by atoms with Crippen LogP contribution in [0, 0.1) is 0 Å². The molecule has 0 spiro atoms. The van der Waals surface area contributed by atoms with E-state index in [1.165, 1.54) is 6.07 Å². The molecule has 8 nitrogen and oxygen atoms in total. The van der Waals surface area contributed by atoms with Gasteiger partial charge >= 0.3 is 12.1 Å². The number of carbonyl (C=O) groups is 2. The van der Waals surface area contributed by atoms with Gasteiger partial charge in [-0.3, -0.25) is 0 Å². The average Bonchev–Trinajstić information content (AvgIpc) is 2.44. The van der Waals surface area contributed by atoms with Gasteiger partial charge in [0.2, 0.25) is 0 Å². The molecular formula is C15H22ClN5O3. The highest BCUT2D eigenvalue weighted by Crippen LogP contribution is 2.23. The zero-order valence-electron chi connectivity index (χ0n) is 14.0. The summed E-state index contributed by atoms with van der Waals surface area (Å²) < 4.78 is 5.37. The normalized spacial score (nSPS) is 15.2. The molecule has 2 rings (SSSR count). The molecule has 0 bridgehead atoms. The van der Waals surface area contributed by atoms with E-state index in [1.54, 1.807) is 11.0 Å². The molecule has 0 aliphatic carbocycles. The van der Waals surface area contributed by atoms with Gasteiger partial charge in [-0.25, -0.2) is 14.6 Å². The second kappa shape index (κ2) is 7.12. The van der Waals surface area contributed by atoms with Crippen LogP contribution in [0.15, 0.2) is 12.1 Å². The first kappa shape index (κ1) is 18.1. The maximum Gasteiger partial charge on any atom is 0.410 e. The Morgan fingerprint density at radius 2 is 1.88 bits per heavy atom. The number of ether oxygens (including phenoxy) is 1. The third-order valence-electron chi connectivity index (χ3n) is 3.30. The Morgan fingerprint density at radius 3 is 2.42 bits per heavy atom. The van der Waals surface area contributed by atoms with Crippen LogP contribution in [0.25, 0.3) is 0 Å². The van der Waals surface area contributed by atoms with Gasteiger partial charge in [0, 0.05) is 37.9 Å². The third kappa shape index (κ3) is 5.16. The Balaban J connectivity index is 2.00. The quantitative estimate of drug-likeness (QED) is 0.792. The van der Waals surface area contributed by atoms with Crippen molar-refractivity contribution in [3.05, 3.63) is 17.3 Å². The van der Waals surface area contributed by atoms with E-state index in [-0.39, 0.29) is 11.2 Å². The number of piperazine rings is 1. The first-order valence-corrected chi connectivity index (χ1v) is 7.99. The Hall–Kier alpha value is -2.22. The number of hydrogen-bond acceptors (Lipinski definition) is 5. The number of nitrogens with one attached hydrogen (secondary N) is 1. The van der Waals surface area contributed by atoms with Crippen molar-refractivity contribution in [1.82, 2.24) is 9.88 Å². The fourth-order valence-electron chi connectivity index (χ4n) is 2.30. The Kier molecular flexibility index (Phi) is 5.38. The molecule has 3 N–H and O–H groups in total. The molecule has 24 heavy (non-hydrogen) atoms. The maximum absolute atomic E-state index is 12.1. The Labute approximate surface area is 145 Å². The number of aromatic nitrogens is 1. The molecule has 1 saturated heterocycles. The SMILES string of the molecule is CC(C)(C)OC(=O)N1CCN(c2cc(NC(N)=O)cc(Cl)n2)CC1. The summed E-state index contributed by atoms with van der Waals surface area (Å²) in [5, 5.41) is 2.74. The van der Waals surface area contributed by atoms with Gasteiger partial charge in [-0.05, 0) is 26.8 Å². The molecule has 3 amide bonds. The molecule has 1 aromatic heterocycles. The second-order valence-electron chi connectivity index (χ2n) is 6.48. The Bertz CT molecular complexity index is 624. The van der Waals surface area contributed by atoms with E-state index in [0.717, 1.165) is 0 Å². The summed E-state index contributed by atoms with van der Waals surface area (Å²) in [7, 11) is 0. The van der Waals surface area contributed by atoms with E-state index in [9.17, 15) is 9.59 Å². The van der Waals surface area contributed by atoms with Crippen LogP contribution in [0.3, 0.4) is 0 Å². The number of urea groups is 1. The van der Waals surface area contributed by atoms with Crippen LogP contribution in [0.2, 0.25) is 5.15 Å². The minimum absolute atomic E-state index is 0.255. The van der Waals surface area contributed by atoms with Gasteiger partial charge in [-0.15, -0.1) is 0 Å². The summed E-state index contributed by atoms with van der Waals surface area (Å²) in [5.41, 5.74) is 5.08. The van der Waals surface area contributed by atoms with Crippen LogP contribution in [0.4, 0.5) is 21.1 Å². The van der Waals surface area contributed by atoms with Crippen molar-refractivity contribution in [2.24, 2.45) is 5.73 Å². The van der Waals surface area contributed by atoms with E-state index in [4.69, 9.17) is 22.1 Å². The number of rotatable bonds is 2. The minimum Gasteiger partial charge on any atom is -0.444 e. The molecule has 0 aromatic carbocycles. The van der Waals surface area contributed by atoms with Gasteiger partial charge in [0.15, 0.2) is 0 Å². The first-order valence-electron chi connectivity index (χ1n) is 7.61. The molecular weight excluding hydrogens is 334 g/mol. The van der Waals surface area contributed by atoms with Crippen molar-refractivity contribution in [2.75, 3.05) is 36.4 Å². The lowest BCUT2D eigenvalue weighted by atomic mass is 10.2. The minimum atomic E-state index is -0.669. The number of carbonyl (C=O) groups excluding carboxylic acids is 2. The number of pyridine rings is 1. The monoisotopic (exact) mass is 355 g/mol. The van der Waals surface area contributed by atoms with Gasteiger partial charge in [0.1, 0.15) is 16.6 Å². The summed E-state index contributed by atoms with van der Waals surface area (Å²) in [6.45, 7) is 7.72. The van der Waals surface area contributed by atoms with Crippen molar-refractivity contribution < 1.29 is 14.3 Å². The van der Waals surface area contributed by atoms with Crippen LogP contribution in [-0.4, -0.2) is 53.8 Å². The van der Waals surface area contributed by atoms with Crippen molar-refractivity contribution in [3.8, 4) is 0 Å². The van der Waals surface area contributed by atoms with E-state index in [0.29, 0.717) is 37.7 Å². The summed E-state index contributed by atoms with van der Waals surface area (Å²) in [4.78, 5) is 31.0. The number of nitrogens with two attached hydrogens (primary N) is 1. The number of anilines is 2. The summed E-state index contributed by atoms with van der Waals surface area (Å²) in [5.74, 6) is 0.620. The molecule has 132 valence electrons. The third-order valence-corrected chi connectivity index (χ3v) is 3.50. The average molecular weight is 356 g/mol. The number of hydrogen-bond donors (Lipinski definition) is 2. The standard InChI is InChI=1S/C15H22ClN5O3/c1-15(2,3)24-14(23)21-6-4-20(5-7-21)12-9-10(18-13(17)22)8-11(16)19-12/h8-9H,4-7H2,1-3H3,(H3,17,18,19,22). The van der Waals surface area contributed by atoms with Crippen LogP contribution in [0.5, 0.6) is 0 Å². The van der Waals surface area contributed by atoms with Crippen molar-refractivity contribution in [1.29, 1.82) is 0 Å². The van der Waals surface area contributed by atoms with Crippen LogP contribution < -0.4 is 16.0 Å². The smallest absolute Gasteiger partial charge is 0.410 e. The van der Waals surface area contributed by atoms with E-state index in [2.05, 4.69) is 10.3 Å². The molecule has 1 aliphatic heterocycles. The van der Waals surface area contributed by atoms with Crippen molar-refractivity contribution in [2.45, 2.75) is 26.4 Å². The molecule has 9 heteroatoms. The van der Waals surface area contributed by atoms with E-state index >= 15 is 0 Å². The number of halogens is 1. The fraction of sp³-hybridized carbons (Fsp3) is 0.533. The predicted octanol–water partition coefficient (Wildman–Crippen LogP) is 2.28. The fourth-order valence-corrected chi connectivity index (χ4v) is 2.51. The molecule has 0 unspecified atom stereocenters. The largest absolute Gasteiger partial charge is 0.444 e. The zero-order chi connectivity index (χ0) is 17.9. The van der Waals surface area contributed by atoms with Crippen LogP contribution in [-0.2, 0) is 4.74 Å². The van der Waals surface area contributed by atoms with Gasteiger partial charge < -0.3 is 25.6 Å². The van der Waals surface area contributed by atoms with Crippen LogP contribution >= 0.6 is 11.6 Å². The number of primary amides is 1. The van der Waals surface area contributed by atoms with Gasteiger partial charge in [-0.2, -0.15) is 0 Å². The molecule has 1 aromatic rings. The molecule has 0 atom stereocenters. The second-order valence-corrected chi connectivity index (χ2v) is 6.87. The number of amides is 3. The van der Waals surface area contributed by atoms with Crippen molar-refractivity contribution >= 4 is 35.2 Å². The van der Waals surface area contributed by atoms with E-state index < -0.39 is 11.6 Å². The predicted molar refractivity (Wildman–Crippen MR) is 92.5 cm³/mol. The van der Waals surface area contributed by atoms with E-state index in [1.807, 2.05) is 25.7 Å². The van der Waals surface area contributed by atoms with Crippen LogP contribution in [0.1, 0.15) is 20.8 Å². The Morgan fingerprint density at radius 1 is 1.25 bits per heavy atom. The topological polar surface area (TPSA) is 101 Å². The highest BCUT2D eigenvalue weighted by atomic mass is 35.5.